The van der Waals surface area contributed by atoms with E-state index in [4.69, 9.17) is 11.6 Å². The van der Waals surface area contributed by atoms with Crippen molar-refractivity contribution in [2.45, 2.75) is 12.8 Å². The molecule has 0 bridgehead atoms. The van der Waals surface area contributed by atoms with Gasteiger partial charge in [0.15, 0.2) is 0 Å². The predicted octanol–water partition coefficient (Wildman–Crippen LogP) is 1.73. The van der Waals surface area contributed by atoms with Gasteiger partial charge in [-0.1, -0.05) is 6.08 Å². The molecule has 0 aromatic carbocycles. The summed E-state index contributed by atoms with van der Waals surface area (Å²) in [6, 6.07) is 0. The fourth-order valence-electron chi connectivity index (χ4n) is 0.452. The highest BCUT2D eigenvalue weighted by Crippen LogP contribution is 1.91. The summed E-state index contributed by atoms with van der Waals surface area (Å²) in [5, 5.41) is 0. The molecule has 0 saturated heterocycles. The van der Waals surface area contributed by atoms with Crippen molar-refractivity contribution in [1.29, 1.82) is 0 Å². The summed E-state index contributed by atoms with van der Waals surface area (Å²) < 4.78 is 4.67. The molecule has 2 nitrogen and oxygen atoms in total. The summed E-state index contributed by atoms with van der Waals surface area (Å²) >= 11 is 5.17. The number of hydrogen-bond acceptors (Lipinski definition) is 2. The third-order valence-corrected chi connectivity index (χ3v) is 1.14. The molecular formula is C7H11ClO2. The number of esters is 1. The van der Waals surface area contributed by atoms with Crippen molar-refractivity contribution in [2.75, 3.05) is 12.5 Å². The Bertz CT molecular complexity index is 112. The van der Waals surface area contributed by atoms with E-state index < -0.39 is 0 Å². The predicted molar refractivity (Wildman–Crippen MR) is 41.1 cm³/mol. The maximum Gasteiger partial charge on any atom is 0.320 e. The molecule has 0 rings (SSSR count). The molecule has 0 aliphatic heterocycles. The minimum atomic E-state index is -0.356. The largest absolute Gasteiger partial charge is 0.465 e. The molecule has 0 fully saturated rings. The number of carbonyl (C=O) groups is 1. The molecule has 0 spiro atoms. The zero-order valence-electron chi connectivity index (χ0n) is 5.81. The number of carbonyl (C=O) groups excluding carboxylic acids is 1. The number of halogens is 1. The molecular weight excluding hydrogens is 152 g/mol. The highest BCUT2D eigenvalue weighted by Gasteiger charge is 1.96. The van der Waals surface area contributed by atoms with Gasteiger partial charge < -0.3 is 4.74 Å². The molecule has 0 heterocycles. The van der Waals surface area contributed by atoms with Crippen LogP contribution in [0.3, 0.4) is 0 Å². The van der Waals surface area contributed by atoms with Crippen LogP contribution in [0.2, 0.25) is 0 Å². The molecule has 0 N–H and O–H groups in total. The van der Waals surface area contributed by atoms with Crippen molar-refractivity contribution >= 4 is 17.6 Å². The summed E-state index contributed by atoms with van der Waals surface area (Å²) in [6.45, 7) is 3.97. The molecule has 0 atom stereocenters. The van der Waals surface area contributed by atoms with Crippen LogP contribution in [0.15, 0.2) is 12.7 Å². The van der Waals surface area contributed by atoms with Gasteiger partial charge in [-0.25, -0.2) is 0 Å². The monoisotopic (exact) mass is 162 g/mol. The van der Waals surface area contributed by atoms with Gasteiger partial charge in [-0.05, 0) is 12.8 Å². The lowest BCUT2D eigenvalue weighted by Crippen LogP contribution is -2.06. The Kier molecular flexibility index (Phi) is 6.29. The maximum absolute atomic E-state index is 10.4. The van der Waals surface area contributed by atoms with Gasteiger partial charge >= 0.3 is 5.97 Å². The zero-order valence-corrected chi connectivity index (χ0v) is 6.56. The van der Waals surface area contributed by atoms with Crippen molar-refractivity contribution in [3.63, 3.8) is 0 Å². The Morgan fingerprint density at radius 2 is 2.40 bits per heavy atom. The van der Waals surface area contributed by atoms with E-state index in [0.717, 1.165) is 12.8 Å². The highest BCUT2D eigenvalue weighted by atomic mass is 35.5. The summed E-state index contributed by atoms with van der Waals surface area (Å²) in [6.07, 6.45) is 3.48. The van der Waals surface area contributed by atoms with Crippen molar-refractivity contribution in [2.24, 2.45) is 0 Å². The average Bonchev–Trinajstić information content (AvgIpc) is 1.98. The Hall–Kier alpha value is -0.500. The second-order valence-electron chi connectivity index (χ2n) is 1.79. The van der Waals surface area contributed by atoms with Crippen LogP contribution in [0.1, 0.15) is 12.8 Å². The van der Waals surface area contributed by atoms with Crippen LogP contribution in [0.5, 0.6) is 0 Å². The minimum absolute atomic E-state index is 0.0614. The van der Waals surface area contributed by atoms with E-state index in [2.05, 4.69) is 11.3 Å². The van der Waals surface area contributed by atoms with Gasteiger partial charge in [0.1, 0.15) is 5.88 Å². The maximum atomic E-state index is 10.4. The van der Waals surface area contributed by atoms with Crippen molar-refractivity contribution in [3.8, 4) is 0 Å². The van der Waals surface area contributed by atoms with E-state index in [1.165, 1.54) is 0 Å². The summed E-state index contributed by atoms with van der Waals surface area (Å²) in [4.78, 5) is 10.4. The van der Waals surface area contributed by atoms with E-state index in [1.807, 2.05) is 0 Å². The highest BCUT2D eigenvalue weighted by molar-refractivity contribution is 6.26. The Morgan fingerprint density at radius 1 is 1.70 bits per heavy atom. The smallest absolute Gasteiger partial charge is 0.320 e. The van der Waals surface area contributed by atoms with E-state index in [9.17, 15) is 4.79 Å². The molecule has 58 valence electrons. The van der Waals surface area contributed by atoms with Gasteiger partial charge in [0.05, 0.1) is 6.61 Å². The summed E-state index contributed by atoms with van der Waals surface area (Å²) in [5.41, 5.74) is 0. The fraction of sp³-hybridized carbons (Fsp3) is 0.571. The Morgan fingerprint density at radius 3 is 2.90 bits per heavy atom. The lowest BCUT2D eigenvalue weighted by molar-refractivity contribution is -0.140. The van der Waals surface area contributed by atoms with Gasteiger partial charge in [-0.15, -0.1) is 18.2 Å². The zero-order chi connectivity index (χ0) is 7.82. The second-order valence-corrected chi connectivity index (χ2v) is 2.05. The van der Waals surface area contributed by atoms with E-state index in [-0.39, 0.29) is 11.8 Å². The number of unbranched alkanes of at least 4 members (excludes halogenated alkanes) is 1. The van der Waals surface area contributed by atoms with Gasteiger partial charge in [-0.2, -0.15) is 0 Å². The first-order valence-electron chi connectivity index (χ1n) is 3.13. The standard InChI is InChI=1S/C7H11ClO2/c1-2-3-4-5-10-7(9)6-8/h2H,1,3-6H2. The number of alkyl halides is 1. The first-order chi connectivity index (χ1) is 4.81. The lowest BCUT2D eigenvalue weighted by atomic mass is 10.3. The van der Waals surface area contributed by atoms with Gasteiger partial charge in [-0.3, -0.25) is 4.79 Å². The molecule has 0 aromatic heterocycles. The second kappa shape index (κ2) is 6.62. The van der Waals surface area contributed by atoms with Crippen molar-refractivity contribution in [3.05, 3.63) is 12.7 Å². The normalized spacial score (nSPS) is 8.90. The molecule has 0 unspecified atom stereocenters. The summed E-state index contributed by atoms with van der Waals surface area (Å²) in [5.74, 6) is -0.417. The SMILES string of the molecule is C=CCCCOC(=O)CCl. The van der Waals surface area contributed by atoms with Gasteiger partial charge in [0.25, 0.3) is 0 Å². The van der Waals surface area contributed by atoms with Crippen LogP contribution in [0, 0.1) is 0 Å². The number of ether oxygens (including phenoxy) is 1. The Labute approximate surface area is 65.8 Å². The molecule has 10 heavy (non-hydrogen) atoms. The molecule has 0 radical (unpaired) electrons. The van der Waals surface area contributed by atoms with E-state index in [0.29, 0.717) is 6.61 Å². The van der Waals surface area contributed by atoms with Crippen LogP contribution >= 0.6 is 11.6 Å². The first kappa shape index (κ1) is 9.50. The molecule has 0 aliphatic carbocycles. The Balaban J connectivity index is 3.03. The third kappa shape index (κ3) is 5.63. The van der Waals surface area contributed by atoms with Gasteiger partial charge in [0, 0.05) is 0 Å². The van der Waals surface area contributed by atoms with E-state index >= 15 is 0 Å². The fourth-order valence-corrected chi connectivity index (χ4v) is 0.529. The third-order valence-electron chi connectivity index (χ3n) is 0.925. The molecule has 0 saturated carbocycles. The summed E-state index contributed by atoms with van der Waals surface area (Å²) in [7, 11) is 0. The lowest BCUT2D eigenvalue weighted by Gasteiger charge is -1.98. The topological polar surface area (TPSA) is 26.3 Å². The first-order valence-corrected chi connectivity index (χ1v) is 3.67. The van der Waals surface area contributed by atoms with Crippen molar-refractivity contribution in [1.82, 2.24) is 0 Å². The molecule has 0 aliphatic rings. The number of allylic oxidation sites excluding steroid dienone is 1. The minimum Gasteiger partial charge on any atom is -0.465 e. The van der Waals surface area contributed by atoms with E-state index in [1.54, 1.807) is 6.08 Å². The average molecular weight is 163 g/mol. The van der Waals surface area contributed by atoms with Crippen LogP contribution in [0.4, 0.5) is 0 Å². The quantitative estimate of drug-likeness (QED) is 0.266. The van der Waals surface area contributed by atoms with Crippen LogP contribution in [0.25, 0.3) is 0 Å². The van der Waals surface area contributed by atoms with Crippen LogP contribution in [-0.4, -0.2) is 18.5 Å². The molecule has 0 amide bonds. The van der Waals surface area contributed by atoms with Crippen LogP contribution < -0.4 is 0 Å². The number of rotatable bonds is 5. The van der Waals surface area contributed by atoms with Crippen molar-refractivity contribution < 1.29 is 9.53 Å². The molecule has 3 heteroatoms. The number of hydrogen-bond donors (Lipinski definition) is 0. The van der Waals surface area contributed by atoms with Crippen LogP contribution in [-0.2, 0) is 9.53 Å². The molecule has 0 aromatic rings. The van der Waals surface area contributed by atoms with Gasteiger partial charge in [0.2, 0.25) is 0 Å².